The molecule has 0 saturated carbocycles. The zero-order valence-electron chi connectivity index (χ0n) is 9.21. The smallest absolute Gasteiger partial charge is 0.358 e. The van der Waals surface area contributed by atoms with E-state index in [1.807, 2.05) is 0 Å². The summed E-state index contributed by atoms with van der Waals surface area (Å²) in [5.74, 6) is 0. The van der Waals surface area contributed by atoms with Gasteiger partial charge in [0, 0.05) is 0 Å². The first-order valence-electron chi connectivity index (χ1n) is 5.03. The van der Waals surface area contributed by atoms with Gasteiger partial charge in [-0.25, -0.2) is 0 Å². The maximum absolute atomic E-state index is 11.8. The number of rotatable bonds is 3. The van der Waals surface area contributed by atoms with Crippen LogP contribution < -0.4 is 5.32 Å². The van der Waals surface area contributed by atoms with Crippen LogP contribution in [0.3, 0.4) is 0 Å². The first-order chi connectivity index (χ1) is 8.09. The highest BCUT2D eigenvalue weighted by Gasteiger charge is 2.19. The van der Waals surface area contributed by atoms with E-state index in [9.17, 15) is 8.42 Å². The average molecular weight is 256 g/mol. The Kier molecular flexibility index (Phi) is 3.19. The molecule has 1 aliphatic heterocycles. The molecule has 1 heterocycles. The van der Waals surface area contributed by atoms with Crippen molar-refractivity contribution in [1.29, 1.82) is 0 Å². The Morgan fingerprint density at radius 3 is 2.82 bits per heavy atom. The number of benzene rings is 1. The van der Waals surface area contributed by atoms with E-state index >= 15 is 0 Å². The molecule has 6 nitrogen and oxygen atoms in total. The molecule has 7 heteroatoms. The summed E-state index contributed by atoms with van der Waals surface area (Å²) >= 11 is 0. The van der Waals surface area contributed by atoms with Gasteiger partial charge in [0.05, 0.1) is 6.54 Å². The third-order valence-electron chi connectivity index (χ3n) is 2.20. The van der Waals surface area contributed by atoms with Crippen LogP contribution in [0.4, 0.5) is 0 Å². The van der Waals surface area contributed by atoms with Gasteiger partial charge >= 0.3 is 16.1 Å². The summed E-state index contributed by atoms with van der Waals surface area (Å²) in [4.78, 5) is 0.0994. The summed E-state index contributed by atoms with van der Waals surface area (Å²) in [5, 5.41) is 6.14. The quantitative estimate of drug-likeness (QED) is 0.801. The summed E-state index contributed by atoms with van der Waals surface area (Å²) < 4.78 is 33.1. The molecule has 2 rings (SSSR count). The molecule has 92 valence electrons. The number of hydrogen-bond acceptors (Lipinski definition) is 5. The van der Waals surface area contributed by atoms with Crippen LogP contribution in [0.2, 0.25) is 0 Å². The number of nitrogens with zero attached hydrogens (tertiary/aromatic N) is 1. The fraction of sp³-hybridized carbons (Fsp3) is 0.300. The molecule has 1 saturated heterocycles. The summed E-state index contributed by atoms with van der Waals surface area (Å²) in [5.41, 5.74) is 0.605. The maximum atomic E-state index is 11.8. The Morgan fingerprint density at radius 1 is 1.41 bits per heavy atom. The predicted molar refractivity (Wildman–Crippen MR) is 60.8 cm³/mol. The fourth-order valence-electron chi connectivity index (χ4n) is 1.38. The first kappa shape index (κ1) is 11.7. The van der Waals surface area contributed by atoms with E-state index in [1.165, 1.54) is 6.07 Å². The van der Waals surface area contributed by atoms with Crippen LogP contribution in [0.15, 0.2) is 34.3 Å². The summed E-state index contributed by atoms with van der Waals surface area (Å²) in [7, 11) is -3.89. The van der Waals surface area contributed by atoms with E-state index in [0.29, 0.717) is 18.7 Å². The van der Waals surface area contributed by atoms with Crippen LogP contribution in [0.1, 0.15) is 5.56 Å². The van der Waals surface area contributed by atoms with Crippen molar-refractivity contribution in [3.05, 3.63) is 29.8 Å². The third kappa shape index (κ3) is 2.68. The number of ether oxygens (including phenoxy) is 1. The van der Waals surface area contributed by atoms with Gasteiger partial charge in [-0.15, -0.1) is 0 Å². The monoisotopic (exact) mass is 256 g/mol. The SMILES string of the molecule is Cc1ccccc1S(=O)(=O)ON=C1NCCO1. The lowest BCUT2D eigenvalue weighted by atomic mass is 10.2. The number of hydrogen-bond donors (Lipinski definition) is 1. The minimum Gasteiger partial charge on any atom is -0.461 e. The number of amidine groups is 1. The van der Waals surface area contributed by atoms with Gasteiger partial charge in [0.25, 0.3) is 0 Å². The molecule has 0 bridgehead atoms. The Bertz CT molecular complexity index is 531. The summed E-state index contributed by atoms with van der Waals surface area (Å²) in [6.07, 6.45) is 0. The van der Waals surface area contributed by atoms with E-state index in [4.69, 9.17) is 4.74 Å². The Labute approximate surface area is 99.3 Å². The highest BCUT2D eigenvalue weighted by atomic mass is 32.2. The van der Waals surface area contributed by atoms with Crippen molar-refractivity contribution in [1.82, 2.24) is 5.32 Å². The molecule has 1 aliphatic rings. The van der Waals surface area contributed by atoms with Crippen LogP contribution in [-0.4, -0.2) is 27.6 Å². The molecule has 1 N–H and O–H groups in total. The molecular formula is C10H12N2O4S. The van der Waals surface area contributed by atoms with E-state index in [1.54, 1.807) is 25.1 Å². The second-order valence-corrected chi connectivity index (χ2v) is 4.96. The molecule has 0 aromatic heterocycles. The Hall–Kier alpha value is -1.76. The van der Waals surface area contributed by atoms with Crippen LogP contribution in [0.5, 0.6) is 0 Å². The van der Waals surface area contributed by atoms with Crippen molar-refractivity contribution >= 4 is 16.1 Å². The molecule has 0 radical (unpaired) electrons. The van der Waals surface area contributed by atoms with Crippen LogP contribution in [-0.2, 0) is 19.1 Å². The van der Waals surface area contributed by atoms with Crippen molar-refractivity contribution in [3.8, 4) is 0 Å². The van der Waals surface area contributed by atoms with Gasteiger partial charge in [0.15, 0.2) is 0 Å². The standard InChI is InChI=1S/C10H12N2O4S/c1-8-4-2-3-5-9(8)17(13,14)16-12-10-11-6-7-15-10/h2-5H,6-7H2,1H3,(H,11,12). The Balaban J connectivity index is 2.20. The van der Waals surface area contributed by atoms with Gasteiger partial charge < -0.3 is 10.1 Å². The van der Waals surface area contributed by atoms with E-state index in [2.05, 4.69) is 14.8 Å². The lowest BCUT2D eigenvalue weighted by Gasteiger charge is -2.04. The van der Waals surface area contributed by atoms with Gasteiger partial charge in [-0.05, 0) is 23.7 Å². The zero-order valence-corrected chi connectivity index (χ0v) is 10.0. The van der Waals surface area contributed by atoms with Crippen molar-refractivity contribution in [2.45, 2.75) is 11.8 Å². The summed E-state index contributed by atoms with van der Waals surface area (Å²) in [6.45, 7) is 2.73. The lowest BCUT2D eigenvalue weighted by molar-refractivity contribution is 0.294. The van der Waals surface area contributed by atoms with Gasteiger partial charge in [-0.3, -0.25) is 4.28 Å². The maximum Gasteiger partial charge on any atom is 0.358 e. The molecule has 0 unspecified atom stereocenters. The van der Waals surface area contributed by atoms with Crippen molar-refractivity contribution < 1.29 is 17.4 Å². The predicted octanol–water partition coefficient (Wildman–Crippen LogP) is 0.591. The molecule has 1 aromatic rings. The average Bonchev–Trinajstić information content (AvgIpc) is 2.80. The minimum absolute atomic E-state index is 0.0853. The molecule has 1 aromatic carbocycles. The number of aryl methyl sites for hydroxylation is 1. The number of nitrogens with one attached hydrogen (secondary N) is 1. The minimum atomic E-state index is -3.89. The molecular weight excluding hydrogens is 244 g/mol. The second kappa shape index (κ2) is 4.62. The van der Waals surface area contributed by atoms with Crippen molar-refractivity contribution in [2.75, 3.05) is 13.2 Å². The van der Waals surface area contributed by atoms with E-state index < -0.39 is 10.1 Å². The lowest BCUT2D eigenvalue weighted by Crippen LogP contribution is -2.17. The normalized spacial score (nSPS) is 17.6. The molecule has 0 spiro atoms. The first-order valence-corrected chi connectivity index (χ1v) is 6.44. The largest absolute Gasteiger partial charge is 0.461 e. The van der Waals surface area contributed by atoms with Crippen LogP contribution >= 0.6 is 0 Å². The van der Waals surface area contributed by atoms with Crippen LogP contribution in [0.25, 0.3) is 0 Å². The van der Waals surface area contributed by atoms with Gasteiger partial charge in [0.2, 0.25) is 0 Å². The Morgan fingerprint density at radius 2 is 2.18 bits per heavy atom. The highest BCUT2D eigenvalue weighted by Crippen LogP contribution is 2.17. The molecule has 0 aliphatic carbocycles. The van der Waals surface area contributed by atoms with Crippen molar-refractivity contribution in [3.63, 3.8) is 0 Å². The number of oxime groups is 1. The van der Waals surface area contributed by atoms with Gasteiger partial charge in [-0.1, -0.05) is 18.2 Å². The third-order valence-corrected chi connectivity index (χ3v) is 3.47. The topological polar surface area (TPSA) is 77.0 Å². The highest BCUT2D eigenvalue weighted by molar-refractivity contribution is 7.86. The molecule has 1 fully saturated rings. The molecule has 17 heavy (non-hydrogen) atoms. The van der Waals surface area contributed by atoms with Crippen molar-refractivity contribution in [2.24, 2.45) is 5.16 Å². The van der Waals surface area contributed by atoms with Crippen LogP contribution in [0, 0.1) is 6.92 Å². The molecule has 0 amide bonds. The summed E-state index contributed by atoms with van der Waals surface area (Å²) in [6, 6.07) is 6.62. The van der Waals surface area contributed by atoms with E-state index in [0.717, 1.165) is 0 Å². The fourth-order valence-corrected chi connectivity index (χ4v) is 2.33. The zero-order chi connectivity index (χ0) is 12.3. The molecule has 0 atom stereocenters. The second-order valence-electron chi connectivity index (χ2n) is 3.47. The van der Waals surface area contributed by atoms with Gasteiger partial charge in [-0.2, -0.15) is 8.42 Å². The van der Waals surface area contributed by atoms with E-state index in [-0.39, 0.29) is 10.9 Å². The van der Waals surface area contributed by atoms with Gasteiger partial charge in [0.1, 0.15) is 11.5 Å².